The Labute approximate surface area is 189 Å². The van der Waals surface area contributed by atoms with Gasteiger partial charge in [0.25, 0.3) is 0 Å². The molecule has 2 aliphatic carbocycles. The summed E-state index contributed by atoms with van der Waals surface area (Å²) in [5.41, 5.74) is 1.91. The number of Topliss-reactive ketones (excluding diaryl/α,β-unsaturated/α-hetero) is 1. The summed E-state index contributed by atoms with van der Waals surface area (Å²) >= 11 is 0. The first-order valence-electron chi connectivity index (χ1n) is 12.0. The van der Waals surface area contributed by atoms with Crippen LogP contribution in [0.3, 0.4) is 0 Å². The second-order valence-corrected chi connectivity index (χ2v) is 8.04. The normalized spacial score (nSPS) is 17.1. The number of aryl methyl sites for hydroxylation is 1. The maximum atomic E-state index is 12.9. The minimum Gasteiger partial charge on any atom is -0.494 e. The van der Waals surface area contributed by atoms with Gasteiger partial charge in [-0.15, -0.1) is 0 Å². The molecule has 9 heteroatoms. The highest BCUT2D eigenvalue weighted by Gasteiger charge is 2.33. The van der Waals surface area contributed by atoms with Crippen molar-refractivity contribution in [2.75, 3.05) is 17.7 Å². The first-order chi connectivity index (χ1) is 16.7. The number of hydrogen-bond donors (Lipinski definition) is 2. The number of aromatic nitrogens is 4. The van der Waals surface area contributed by atoms with E-state index in [0.29, 0.717) is 34.1 Å². The summed E-state index contributed by atoms with van der Waals surface area (Å²) in [7, 11) is 1.48. The molecule has 0 bridgehead atoms. The molecule has 164 valence electrons. The summed E-state index contributed by atoms with van der Waals surface area (Å²) in [4.78, 5) is 33.6. The van der Waals surface area contributed by atoms with Crippen LogP contribution in [0.5, 0.6) is 5.75 Å². The molecule has 32 heavy (non-hydrogen) atoms. The third kappa shape index (κ3) is 4.05. The average molecular weight is 436 g/mol. The van der Waals surface area contributed by atoms with E-state index in [1.54, 1.807) is 24.3 Å². The van der Waals surface area contributed by atoms with Crippen molar-refractivity contribution >= 4 is 28.9 Å². The number of rotatable bonds is 8. The SMILES string of the molecule is [2H]C([2H])([2H])n1cnc(-c2cccc(Nc3cc(NC(=O)C4CC4)ncc3C(=O)C3CC3)c2OC)n1. The van der Waals surface area contributed by atoms with Crippen LogP contribution in [0.1, 0.15) is 40.2 Å². The van der Waals surface area contributed by atoms with Gasteiger partial charge in [0.2, 0.25) is 5.91 Å². The van der Waals surface area contributed by atoms with Crippen molar-refractivity contribution in [3.05, 3.63) is 42.4 Å². The maximum absolute atomic E-state index is 12.9. The van der Waals surface area contributed by atoms with E-state index in [9.17, 15) is 9.59 Å². The van der Waals surface area contributed by atoms with Crippen molar-refractivity contribution in [1.82, 2.24) is 19.7 Å². The molecule has 5 rings (SSSR count). The Hall–Kier alpha value is -3.75. The zero-order chi connectivity index (χ0) is 24.7. The number of carbonyl (C=O) groups is 2. The lowest BCUT2D eigenvalue weighted by Gasteiger charge is -2.17. The number of anilines is 3. The zero-order valence-electron chi connectivity index (χ0n) is 20.5. The summed E-state index contributed by atoms with van der Waals surface area (Å²) in [5.74, 6) is 0.813. The van der Waals surface area contributed by atoms with Gasteiger partial charge in [0.05, 0.1) is 29.6 Å². The molecule has 0 saturated heterocycles. The van der Waals surface area contributed by atoms with Gasteiger partial charge in [-0.05, 0) is 37.8 Å². The minimum atomic E-state index is -2.45. The quantitative estimate of drug-likeness (QED) is 0.520. The molecule has 0 spiro atoms. The fourth-order valence-corrected chi connectivity index (χ4v) is 3.53. The van der Waals surface area contributed by atoms with Crippen molar-refractivity contribution in [1.29, 1.82) is 0 Å². The molecule has 2 fully saturated rings. The van der Waals surface area contributed by atoms with Gasteiger partial charge in [-0.25, -0.2) is 9.97 Å². The molecule has 1 aromatic carbocycles. The Morgan fingerprint density at radius 1 is 1.16 bits per heavy atom. The van der Waals surface area contributed by atoms with Crippen molar-refractivity contribution in [3.63, 3.8) is 0 Å². The van der Waals surface area contributed by atoms with Gasteiger partial charge < -0.3 is 15.4 Å². The van der Waals surface area contributed by atoms with Crippen LogP contribution in [0, 0.1) is 11.8 Å². The standard InChI is InChI=1S/C23H24N6O3/c1-29-12-25-22(28-29)15-4-3-5-17(21(15)32-2)26-18-10-19(27-23(31)14-8-9-14)24-11-16(18)20(30)13-6-7-13/h3-5,10-14H,6-9H2,1-2H3,(H2,24,26,27,31)/i1D3. The summed E-state index contributed by atoms with van der Waals surface area (Å²) in [6.45, 7) is -2.45. The van der Waals surface area contributed by atoms with Crippen LogP contribution < -0.4 is 15.4 Å². The van der Waals surface area contributed by atoms with E-state index in [1.807, 2.05) is 0 Å². The number of methoxy groups -OCH3 is 1. The van der Waals surface area contributed by atoms with Gasteiger partial charge in [-0.2, -0.15) is 5.10 Å². The number of carbonyl (C=O) groups excluding carboxylic acids is 2. The van der Waals surface area contributed by atoms with E-state index in [4.69, 9.17) is 8.85 Å². The molecule has 2 saturated carbocycles. The van der Waals surface area contributed by atoms with Crippen LogP contribution in [0.25, 0.3) is 11.4 Å². The maximum Gasteiger partial charge on any atom is 0.228 e. The summed E-state index contributed by atoms with van der Waals surface area (Å²) in [6.07, 6.45) is 6.05. The molecule has 9 nitrogen and oxygen atoms in total. The van der Waals surface area contributed by atoms with E-state index >= 15 is 0 Å². The number of nitrogens with zero attached hydrogens (tertiary/aromatic N) is 4. The highest BCUT2D eigenvalue weighted by molar-refractivity contribution is 6.05. The summed E-state index contributed by atoms with van der Waals surface area (Å²) < 4.78 is 29.0. The fraction of sp³-hybridized carbons (Fsp3) is 0.348. The van der Waals surface area contributed by atoms with Gasteiger partial charge in [-0.3, -0.25) is 14.3 Å². The number of ether oxygens (including phenoxy) is 1. The molecular weight excluding hydrogens is 408 g/mol. The highest BCUT2D eigenvalue weighted by atomic mass is 16.5. The third-order valence-electron chi connectivity index (χ3n) is 5.54. The third-order valence-corrected chi connectivity index (χ3v) is 5.54. The number of amides is 1. The van der Waals surface area contributed by atoms with Crippen molar-refractivity contribution in [3.8, 4) is 17.1 Å². The van der Waals surface area contributed by atoms with Crippen LogP contribution in [0.4, 0.5) is 17.2 Å². The van der Waals surface area contributed by atoms with Crippen LogP contribution >= 0.6 is 0 Å². The van der Waals surface area contributed by atoms with Gasteiger partial charge in [0.15, 0.2) is 17.4 Å². The lowest BCUT2D eigenvalue weighted by atomic mass is 10.1. The molecule has 0 radical (unpaired) electrons. The Balaban J connectivity index is 1.50. The molecule has 0 aliphatic heterocycles. The highest BCUT2D eigenvalue weighted by Crippen LogP contribution is 2.39. The number of benzene rings is 1. The number of pyridine rings is 1. The van der Waals surface area contributed by atoms with Crippen LogP contribution in [0.15, 0.2) is 36.8 Å². The summed E-state index contributed by atoms with van der Waals surface area (Å²) in [5, 5.41) is 10.1. The first-order valence-corrected chi connectivity index (χ1v) is 10.5. The number of hydrogen-bond acceptors (Lipinski definition) is 7. The number of para-hydroxylation sites is 1. The van der Waals surface area contributed by atoms with Gasteiger partial charge in [0, 0.05) is 35.2 Å². The number of ketones is 1. The molecule has 2 N–H and O–H groups in total. The average Bonchev–Trinajstić information content (AvgIpc) is 3.75. The van der Waals surface area contributed by atoms with E-state index in [1.165, 1.54) is 13.3 Å². The van der Waals surface area contributed by atoms with E-state index in [0.717, 1.165) is 36.7 Å². The largest absolute Gasteiger partial charge is 0.494 e. The van der Waals surface area contributed by atoms with Gasteiger partial charge in [-0.1, -0.05) is 6.07 Å². The predicted octanol–water partition coefficient (Wildman–Crippen LogP) is 3.57. The lowest BCUT2D eigenvalue weighted by Crippen LogP contribution is -2.15. The Kier molecular flexibility index (Phi) is 4.26. The van der Waals surface area contributed by atoms with Crippen molar-refractivity contribution in [2.24, 2.45) is 18.8 Å². The van der Waals surface area contributed by atoms with Gasteiger partial charge in [0.1, 0.15) is 12.1 Å². The monoisotopic (exact) mass is 435 g/mol. The van der Waals surface area contributed by atoms with Gasteiger partial charge >= 0.3 is 0 Å². The van der Waals surface area contributed by atoms with E-state index in [2.05, 4.69) is 25.7 Å². The zero-order valence-corrected chi connectivity index (χ0v) is 17.5. The van der Waals surface area contributed by atoms with Crippen LogP contribution in [0.2, 0.25) is 0 Å². The Morgan fingerprint density at radius 3 is 2.66 bits per heavy atom. The molecular formula is C23H24N6O3. The first kappa shape index (κ1) is 16.9. The van der Waals surface area contributed by atoms with Crippen LogP contribution in [-0.4, -0.2) is 38.5 Å². The number of nitrogens with one attached hydrogen (secondary N) is 2. The van der Waals surface area contributed by atoms with Crippen LogP contribution in [-0.2, 0) is 11.8 Å². The van der Waals surface area contributed by atoms with Crippen molar-refractivity contribution < 1.29 is 18.4 Å². The molecule has 0 atom stereocenters. The molecule has 0 unspecified atom stereocenters. The predicted molar refractivity (Wildman–Crippen MR) is 119 cm³/mol. The Morgan fingerprint density at radius 2 is 1.97 bits per heavy atom. The fourth-order valence-electron chi connectivity index (χ4n) is 3.53. The van der Waals surface area contributed by atoms with E-state index in [-0.39, 0.29) is 29.4 Å². The lowest BCUT2D eigenvalue weighted by molar-refractivity contribution is -0.117. The van der Waals surface area contributed by atoms with E-state index < -0.39 is 6.98 Å². The summed E-state index contributed by atoms with van der Waals surface area (Å²) in [6, 6.07) is 6.86. The molecule has 2 aromatic heterocycles. The second kappa shape index (κ2) is 8.07. The second-order valence-electron chi connectivity index (χ2n) is 8.04. The topological polar surface area (TPSA) is 111 Å². The minimum absolute atomic E-state index is 0.00622. The van der Waals surface area contributed by atoms with Crippen molar-refractivity contribution in [2.45, 2.75) is 25.7 Å². The molecule has 3 aromatic rings. The molecule has 2 heterocycles. The smallest absolute Gasteiger partial charge is 0.228 e. The molecule has 1 amide bonds. The Bertz CT molecular complexity index is 1300. The molecule has 2 aliphatic rings.